The Hall–Kier alpha value is -1.10. The van der Waals surface area contributed by atoms with Crippen LogP contribution in [0.15, 0.2) is 0 Å². The van der Waals surface area contributed by atoms with Gasteiger partial charge in [-0.1, -0.05) is 6.92 Å². The Bertz CT molecular complexity index is 275. The fourth-order valence-corrected chi connectivity index (χ4v) is 1.94. The van der Waals surface area contributed by atoms with Crippen LogP contribution in [0.25, 0.3) is 0 Å². The van der Waals surface area contributed by atoms with Gasteiger partial charge >= 0.3 is 5.97 Å². The molecule has 1 N–H and O–H groups in total. The first-order chi connectivity index (χ1) is 8.06. The number of nitrogens with one attached hydrogen (secondary N) is 1. The highest BCUT2D eigenvalue weighted by molar-refractivity contribution is 5.81. The van der Waals surface area contributed by atoms with Gasteiger partial charge in [-0.05, 0) is 19.8 Å². The van der Waals surface area contributed by atoms with Crippen LogP contribution in [0, 0.1) is 5.92 Å². The average molecular weight is 242 g/mol. The van der Waals surface area contributed by atoms with Crippen molar-refractivity contribution in [2.45, 2.75) is 32.7 Å². The summed E-state index contributed by atoms with van der Waals surface area (Å²) in [5, 5.41) is 3.08. The van der Waals surface area contributed by atoms with E-state index in [0.717, 1.165) is 25.9 Å². The van der Waals surface area contributed by atoms with Gasteiger partial charge in [-0.15, -0.1) is 0 Å². The summed E-state index contributed by atoms with van der Waals surface area (Å²) < 4.78 is 4.63. The van der Waals surface area contributed by atoms with E-state index in [-0.39, 0.29) is 23.8 Å². The van der Waals surface area contributed by atoms with E-state index < -0.39 is 0 Å². The largest absolute Gasteiger partial charge is 0.469 e. The highest BCUT2D eigenvalue weighted by Gasteiger charge is 2.23. The summed E-state index contributed by atoms with van der Waals surface area (Å²) in [7, 11) is 1.37. The van der Waals surface area contributed by atoms with Gasteiger partial charge in [0.1, 0.15) is 0 Å². The second kappa shape index (κ2) is 6.59. The van der Waals surface area contributed by atoms with Gasteiger partial charge in [-0.2, -0.15) is 0 Å². The van der Waals surface area contributed by atoms with Crippen LogP contribution in [0.2, 0.25) is 0 Å². The highest BCUT2D eigenvalue weighted by Crippen LogP contribution is 2.09. The van der Waals surface area contributed by atoms with E-state index in [1.807, 2.05) is 11.8 Å². The van der Waals surface area contributed by atoms with E-state index in [1.165, 1.54) is 7.11 Å². The Morgan fingerprint density at radius 1 is 1.29 bits per heavy atom. The lowest BCUT2D eigenvalue weighted by atomic mass is 10.1. The third-order valence-corrected chi connectivity index (χ3v) is 3.12. The van der Waals surface area contributed by atoms with Crippen molar-refractivity contribution in [1.29, 1.82) is 0 Å². The zero-order chi connectivity index (χ0) is 12.8. The van der Waals surface area contributed by atoms with E-state index >= 15 is 0 Å². The summed E-state index contributed by atoms with van der Waals surface area (Å²) in [6.07, 6.45) is 2.19. The first-order valence-corrected chi connectivity index (χ1v) is 6.16. The standard InChI is InChI=1S/C12H22N2O3/c1-9(12(16)17-3)8-13-10(2)11(15)14-6-4-5-7-14/h9-10,13H,4-8H2,1-3H3. The fourth-order valence-electron chi connectivity index (χ4n) is 1.94. The quantitative estimate of drug-likeness (QED) is 0.709. The molecular formula is C12H22N2O3. The van der Waals surface area contributed by atoms with E-state index in [0.29, 0.717) is 6.54 Å². The third kappa shape index (κ3) is 4.00. The first kappa shape index (κ1) is 14.0. The van der Waals surface area contributed by atoms with Crippen LogP contribution >= 0.6 is 0 Å². The van der Waals surface area contributed by atoms with Crippen molar-refractivity contribution in [3.8, 4) is 0 Å². The van der Waals surface area contributed by atoms with Crippen molar-refractivity contribution < 1.29 is 14.3 Å². The molecule has 0 aliphatic carbocycles. The maximum Gasteiger partial charge on any atom is 0.309 e. The molecule has 1 aliphatic heterocycles. The predicted molar refractivity (Wildman–Crippen MR) is 64.5 cm³/mol. The molecule has 2 atom stereocenters. The Morgan fingerprint density at radius 2 is 1.88 bits per heavy atom. The Labute approximate surface area is 102 Å². The number of ether oxygens (including phenoxy) is 1. The second-order valence-corrected chi connectivity index (χ2v) is 4.59. The van der Waals surface area contributed by atoms with E-state index in [2.05, 4.69) is 10.1 Å². The number of carbonyl (C=O) groups is 2. The van der Waals surface area contributed by atoms with Gasteiger partial charge in [-0.3, -0.25) is 9.59 Å². The molecule has 2 unspecified atom stereocenters. The number of hydrogen-bond acceptors (Lipinski definition) is 4. The van der Waals surface area contributed by atoms with Gasteiger partial charge in [-0.25, -0.2) is 0 Å². The zero-order valence-electron chi connectivity index (χ0n) is 10.9. The van der Waals surface area contributed by atoms with Gasteiger partial charge in [0.25, 0.3) is 0 Å². The van der Waals surface area contributed by atoms with Crippen molar-refractivity contribution >= 4 is 11.9 Å². The molecule has 0 spiro atoms. The molecule has 0 aromatic heterocycles. The third-order valence-electron chi connectivity index (χ3n) is 3.12. The van der Waals surface area contributed by atoms with Crippen molar-refractivity contribution in [2.75, 3.05) is 26.7 Å². The van der Waals surface area contributed by atoms with Gasteiger partial charge < -0.3 is 15.0 Å². The minimum atomic E-state index is -0.252. The number of methoxy groups -OCH3 is 1. The summed E-state index contributed by atoms with van der Waals surface area (Å²) in [6.45, 7) is 5.80. The lowest BCUT2D eigenvalue weighted by Crippen LogP contribution is -2.45. The number of likely N-dealkylation sites (tertiary alicyclic amines) is 1. The van der Waals surface area contributed by atoms with Crippen LogP contribution in [0.5, 0.6) is 0 Å². The predicted octanol–water partition coefficient (Wildman–Crippen LogP) is 0.396. The number of rotatable bonds is 5. The lowest BCUT2D eigenvalue weighted by molar-refractivity contribution is -0.145. The Balaban J connectivity index is 2.30. The highest BCUT2D eigenvalue weighted by atomic mass is 16.5. The molecular weight excluding hydrogens is 220 g/mol. The van der Waals surface area contributed by atoms with Crippen LogP contribution in [0.3, 0.4) is 0 Å². The molecule has 0 aromatic rings. The van der Waals surface area contributed by atoms with E-state index in [9.17, 15) is 9.59 Å². The topological polar surface area (TPSA) is 58.6 Å². The summed E-state index contributed by atoms with van der Waals surface area (Å²) in [6, 6.07) is -0.236. The number of carbonyl (C=O) groups excluding carboxylic acids is 2. The monoisotopic (exact) mass is 242 g/mol. The van der Waals surface area contributed by atoms with E-state index in [4.69, 9.17) is 0 Å². The Kier molecular flexibility index (Phi) is 5.41. The number of hydrogen-bond donors (Lipinski definition) is 1. The molecule has 0 bridgehead atoms. The first-order valence-electron chi connectivity index (χ1n) is 6.16. The maximum atomic E-state index is 11.9. The van der Waals surface area contributed by atoms with Gasteiger partial charge in [0, 0.05) is 19.6 Å². The SMILES string of the molecule is COC(=O)C(C)CNC(C)C(=O)N1CCCC1. The summed E-state index contributed by atoms with van der Waals surface area (Å²) in [5.74, 6) is -0.355. The van der Waals surface area contributed by atoms with Gasteiger partial charge in [0.15, 0.2) is 0 Å². The van der Waals surface area contributed by atoms with Crippen LogP contribution in [0.4, 0.5) is 0 Å². The van der Waals surface area contributed by atoms with Crippen LogP contribution < -0.4 is 5.32 Å². The lowest BCUT2D eigenvalue weighted by Gasteiger charge is -2.22. The van der Waals surface area contributed by atoms with Crippen molar-refractivity contribution in [3.63, 3.8) is 0 Å². The number of amides is 1. The van der Waals surface area contributed by atoms with Crippen molar-refractivity contribution in [3.05, 3.63) is 0 Å². The van der Waals surface area contributed by atoms with Crippen molar-refractivity contribution in [1.82, 2.24) is 10.2 Å². The van der Waals surface area contributed by atoms with E-state index in [1.54, 1.807) is 6.92 Å². The molecule has 1 heterocycles. The fraction of sp³-hybridized carbons (Fsp3) is 0.833. The van der Waals surface area contributed by atoms with Crippen LogP contribution in [-0.4, -0.2) is 49.6 Å². The molecule has 17 heavy (non-hydrogen) atoms. The second-order valence-electron chi connectivity index (χ2n) is 4.59. The molecule has 5 nitrogen and oxygen atoms in total. The molecule has 0 aromatic carbocycles. The summed E-state index contributed by atoms with van der Waals surface area (Å²) in [5.41, 5.74) is 0. The normalized spacial score (nSPS) is 18.9. The molecule has 5 heteroatoms. The summed E-state index contributed by atoms with van der Waals surface area (Å²) in [4.78, 5) is 25.0. The molecule has 0 saturated carbocycles. The average Bonchev–Trinajstić information content (AvgIpc) is 2.87. The molecule has 1 fully saturated rings. The molecule has 1 aliphatic rings. The Morgan fingerprint density at radius 3 is 2.41 bits per heavy atom. The minimum Gasteiger partial charge on any atom is -0.469 e. The van der Waals surface area contributed by atoms with Gasteiger partial charge in [0.05, 0.1) is 19.1 Å². The van der Waals surface area contributed by atoms with Gasteiger partial charge in [0.2, 0.25) is 5.91 Å². The number of esters is 1. The molecule has 1 saturated heterocycles. The number of nitrogens with zero attached hydrogens (tertiary/aromatic N) is 1. The molecule has 1 rings (SSSR count). The minimum absolute atomic E-state index is 0.125. The van der Waals surface area contributed by atoms with Crippen molar-refractivity contribution in [2.24, 2.45) is 5.92 Å². The van der Waals surface area contributed by atoms with Crippen LogP contribution in [0.1, 0.15) is 26.7 Å². The molecule has 98 valence electrons. The zero-order valence-corrected chi connectivity index (χ0v) is 10.9. The molecule has 1 amide bonds. The maximum absolute atomic E-state index is 11.9. The summed E-state index contributed by atoms with van der Waals surface area (Å²) >= 11 is 0. The molecule has 0 radical (unpaired) electrons. The smallest absolute Gasteiger partial charge is 0.309 e. The van der Waals surface area contributed by atoms with Crippen LogP contribution in [-0.2, 0) is 14.3 Å².